The zero-order valence-electron chi connectivity index (χ0n) is 14.9. The average molecular weight is 352 g/mol. The van der Waals surface area contributed by atoms with Crippen LogP contribution in [-0.2, 0) is 6.54 Å². The van der Waals surface area contributed by atoms with Crippen molar-refractivity contribution >= 4 is 5.84 Å². The van der Waals surface area contributed by atoms with E-state index in [2.05, 4.69) is 20.3 Å². The van der Waals surface area contributed by atoms with E-state index in [1.54, 1.807) is 7.05 Å². The minimum Gasteiger partial charge on any atom is -0.397 e. The van der Waals surface area contributed by atoms with E-state index in [4.69, 9.17) is 4.84 Å². The zero-order valence-corrected chi connectivity index (χ0v) is 14.9. The fraction of sp³-hybridized carbons (Fsp3) is 0.750. The first-order valence-corrected chi connectivity index (χ1v) is 8.88. The Morgan fingerprint density at radius 2 is 2.20 bits per heavy atom. The third kappa shape index (κ3) is 7.51. The summed E-state index contributed by atoms with van der Waals surface area (Å²) in [4.78, 5) is 23.5. The molecule has 0 amide bonds. The van der Waals surface area contributed by atoms with Crippen molar-refractivity contribution in [2.75, 3.05) is 39.8 Å². The highest BCUT2D eigenvalue weighted by Crippen LogP contribution is 2.12. The van der Waals surface area contributed by atoms with Gasteiger partial charge in [0.15, 0.2) is 5.84 Å². The number of unbranched alkanes of at least 4 members (excludes halogenated alkanes) is 1. The number of likely N-dealkylation sites (tertiary alicyclic amines) is 1. The second-order valence-corrected chi connectivity index (χ2v) is 6.22. The van der Waals surface area contributed by atoms with Crippen molar-refractivity contribution in [1.82, 2.24) is 20.2 Å². The van der Waals surface area contributed by atoms with Crippen LogP contribution >= 0.6 is 0 Å². The molecule has 2 heterocycles. The molecule has 0 spiro atoms. The van der Waals surface area contributed by atoms with Crippen molar-refractivity contribution in [3.8, 4) is 0 Å². The van der Waals surface area contributed by atoms with Crippen LogP contribution in [0.2, 0.25) is 0 Å². The van der Waals surface area contributed by atoms with Crippen LogP contribution in [0, 0.1) is 10.1 Å². The molecule has 1 fully saturated rings. The van der Waals surface area contributed by atoms with Gasteiger partial charge in [-0.25, -0.2) is 0 Å². The monoisotopic (exact) mass is 352 g/mol. The molecule has 9 heteroatoms. The fourth-order valence-electron chi connectivity index (χ4n) is 2.81. The molecule has 9 nitrogen and oxygen atoms in total. The van der Waals surface area contributed by atoms with Crippen molar-refractivity contribution in [1.29, 1.82) is 0 Å². The van der Waals surface area contributed by atoms with E-state index in [-0.39, 0.29) is 6.54 Å². The van der Waals surface area contributed by atoms with Gasteiger partial charge in [-0.3, -0.25) is 20.0 Å². The lowest BCUT2D eigenvalue weighted by molar-refractivity contribution is -0.463. The van der Waals surface area contributed by atoms with Gasteiger partial charge in [-0.15, -0.1) is 9.94 Å². The summed E-state index contributed by atoms with van der Waals surface area (Å²) in [6.45, 7) is 4.20. The lowest BCUT2D eigenvalue weighted by Crippen LogP contribution is -2.31. The quantitative estimate of drug-likeness (QED) is 0.222. The van der Waals surface area contributed by atoms with Crippen molar-refractivity contribution in [3.63, 3.8) is 0 Å². The van der Waals surface area contributed by atoms with Crippen molar-refractivity contribution in [2.24, 2.45) is 4.99 Å². The van der Waals surface area contributed by atoms with Crippen LogP contribution in [0.1, 0.15) is 37.7 Å². The molecule has 0 radical (unpaired) electrons. The van der Waals surface area contributed by atoms with Gasteiger partial charge < -0.3 is 10.2 Å². The number of nitrogens with one attached hydrogen (secondary N) is 1. The first-order chi connectivity index (χ1) is 12.2. The Bertz CT molecular complexity index is 554. The molecule has 0 unspecified atom stereocenters. The summed E-state index contributed by atoms with van der Waals surface area (Å²) >= 11 is 0. The molecule has 0 saturated carbocycles. The Morgan fingerprint density at radius 1 is 1.40 bits per heavy atom. The standard InChI is InChI=1S/C16H28N6O3/c1-17-16(14-22(23)24)18-7-3-6-10-25-21-13-15(11-19-21)12-20-8-4-2-5-9-20/h11,13H,2-10,12,14H2,1H3,(H,17,18). The first-order valence-electron chi connectivity index (χ1n) is 8.88. The van der Waals surface area contributed by atoms with Gasteiger partial charge in [0, 0.05) is 30.6 Å². The smallest absolute Gasteiger partial charge is 0.259 e. The van der Waals surface area contributed by atoms with Crippen LogP contribution in [-0.4, -0.2) is 65.4 Å². The maximum absolute atomic E-state index is 10.4. The highest BCUT2D eigenvalue weighted by Gasteiger charge is 2.11. The van der Waals surface area contributed by atoms with Crippen LogP contribution in [0.4, 0.5) is 0 Å². The summed E-state index contributed by atoms with van der Waals surface area (Å²) < 4.78 is 0. The van der Waals surface area contributed by atoms with Gasteiger partial charge in [-0.2, -0.15) is 0 Å². The Balaban J connectivity index is 1.57. The van der Waals surface area contributed by atoms with Gasteiger partial charge >= 0.3 is 0 Å². The summed E-state index contributed by atoms with van der Waals surface area (Å²) in [7, 11) is 1.55. The predicted octanol–water partition coefficient (Wildman–Crippen LogP) is 0.972. The number of aliphatic imine (C=N–C) groups is 1. The number of nitrogens with zero attached hydrogens (tertiary/aromatic N) is 5. The number of hydrogen-bond donors (Lipinski definition) is 1. The zero-order chi connectivity index (χ0) is 17.9. The molecule has 0 atom stereocenters. The molecule has 0 bridgehead atoms. The number of aromatic nitrogens is 2. The van der Waals surface area contributed by atoms with Crippen molar-refractivity contribution in [2.45, 2.75) is 38.6 Å². The van der Waals surface area contributed by atoms with Gasteiger partial charge in [0.1, 0.15) is 6.61 Å². The third-order valence-electron chi connectivity index (χ3n) is 4.14. The molecule has 25 heavy (non-hydrogen) atoms. The largest absolute Gasteiger partial charge is 0.397 e. The number of piperidine rings is 1. The van der Waals surface area contributed by atoms with Crippen LogP contribution in [0.15, 0.2) is 17.4 Å². The van der Waals surface area contributed by atoms with E-state index in [1.165, 1.54) is 42.8 Å². The molecule has 140 valence electrons. The molecule has 1 aliphatic rings. The van der Waals surface area contributed by atoms with Crippen LogP contribution in [0.5, 0.6) is 0 Å². The highest BCUT2D eigenvalue weighted by atomic mass is 16.7. The second kappa shape index (κ2) is 10.7. The van der Waals surface area contributed by atoms with Crippen molar-refractivity contribution < 1.29 is 9.76 Å². The van der Waals surface area contributed by atoms with E-state index in [9.17, 15) is 10.1 Å². The molecule has 1 aliphatic heterocycles. The molecule has 1 saturated heterocycles. The Morgan fingerprint density at radius 3 is 2.92 bits per heavy atom. The summed E-state index contributed by atoms with van der Waals surface area (Å²) in [5.41, 5.74) is 1.17. The van der Waals surface area contributed by atoms with Crippen LogP contribution in [0.25, 0.3) is 0 Å². The Kier molecular flexibility index (Phi) is 8.17. The van der Waals surface area contributed by atoms with Crippen LogP contribution < -0.4 is 10.2 Å². The molecule has 0 aliphatic carbocycles. The summed E-state index contributed by atoms with van der Waals surface area (Å²) in [5, 5.41) is 17.6. The summed E-state index contributed by atoms with van der Waals surface area (Å²) in [5.74, 6) is 0.403. The van der Waals surface area contributed by atoms with E-state index >= 15 is 0 Å². The van der Waals surface area contributed by atoms with E-state index in [0.29, 0.717) is 19.0 Å². The first kappa shape index (κ1) is 19.2. The minimum absolute atomic E-state index is 0.264. The maximum Gasteiger partial charge on any atom is 0.259 e. The van der Waals surface area contributed by atoms with E-state index in [1.807, 2.05) is 12.4 Å². The third-order valence-corrected chi connectivity index (χ3v) is 4.14. The van der Waals surface area contributed by atoms with Crippen LogP contribution in [0.3, 0.4) is 0 Å². The average Bonchev–Trinajstić information content (AvgIpc) is 3.04. The number of hydrogen-bond acceptors (Lipinski definition) is 6. The molecular formula is C16H28N6O3. The number of rotatable bonds is 10. The van der Waals surface area contributed by atoms with Gasteiger partial charge in [-0.1, -0.05) is 6.42 Å². The molecular weight excluding hydrogens is 324 g/mol. The van der Waals surface area contributed by atoms with Gasteiger partial charge in [0.25, 0.3) is 6.54 Å². The molecule has 1 aromatic rings. The summed E-state index contributed by atoms with van der Waals surface area (Å²) in [6.07, 6.45) is 9.38. The lowest BCUT2D eigenvalue weighted by atomic mass is 10.1. The Hall–Kier alpha value is -2.16. The maximum atomic E-state index is 10.4. The fourth-order valence-corrected chi connectivity index (χ4v) is 2.81. The normalized spacial score (nSPS) is 16.0. The van der Waals surface area contributed by atoms with E-state index in [0.717, 1.165) is 19.4 Å². The Labute approximate surface area is 148 Å². The minimum atomic E-state index is -0.391. The number of nitro groups is 1. The van der Waals surface area contributed by atoms with E-state index < -0.39 is 4.92 Å². The topological polar surface area (TPSA) is 97.8 Å². The van der Waals surface area contributed by atoms with Gasteiger partial charge in [0.2, 0.25) is 0 Å². The molecule has 2 rings (SSSR count). The second-order valence-electron chi connectivity index (χ2n) is 6.22. The van der Waals surface area contributed by atoms with Crippen molar-refractivity contribution in [3.05, 3.63) is 28.1 Å². The summed E-state index contributed by atoms with van der Waals surface area (Å²) in [6, 6.07) is 0. The highest BCUT2D eigenvalue weighted by molar-refractivity contribution is 5.82. The predicted molar refractivity (Wildman–Crippen MR) is 95.3 cm³/mol. The molecule has 0 aromatic carbocycles. The SMILES string of the molecule is CN=C(C[N+](=O)[O-])NCCCCOn1cc(CN2CCCCC2)cn1. The molecule has 1 aromatic heterocycles. The van der Waals surface area contributed by atoms with Gasteiger partial charge in [0.05, 0.1) is 12.4 Å². The van der Waals surface area contributed by atoms with Gasteiger partial charge in [-0.05, 0) is 38.8 Å². The molecule has 1 N–H and O–H groups in total. The number of amidine groups is 1. The lowest BCUT2D eigenvalue weighted by Gasteiger charge is -2.25.